The monoisotopic (exact) mass is 347 g/mol. The highest BCUT2D eigenvalue weighted by atomic mass is 35.5. The predicted octanol–water partition coefficient (Wildman–Crippen LogP) is 4.20. The van der Waals surface area contributed by atoms with Gasteiger partial charge in [-0.25, -0.2) is 4.98 Å². The van der Waals surface area contributed by atoms with Crippen molar-refractivity contribution in [2.75, 3.05) is 5.32 Å². The molecule has 0 unspecified atom stereocenters. The van der Waals surface area contributed by atoms with Gasteiger partial charge in [0.05, 0.1) is 11.3 Å². The minimum absolute atomic E-state index is 0.0162. The van der Waals surface area contributed by atoms with Crippen LogP contribution in [0.2, 0.25) is 5.02 Å². The summed E-state index contributed by atoms with van der Waals surface area (Å²) >= 11 is 10.5. The number of para-hydroxylation sites is 2. The second kappa shape index (κ2) is 6.37. The van der Waals surface area contributed by atoms with Gasteiger partial charge < -0.3 is 15.8 Å². The Labute approximate surface area is 134 Å². The summed E-state index contributed by atoms with van der Waals surface area (Å²) in [6.07, 6.45) is -3.88. The van der Waals surface area contributed by atoms with Crippen molar-refractivity contribution >= 4 is 34.6 Å². The van der Waals surface area contributed by atoms with Gasteiger partial charge in [-0.15, -0.1) is 0 Å². The van der Waals surface area contributed by atoms with Crippen molar-refractivity contribution < 1.29 is 17.9 Å². The normalized spacial score (nSPS) is 11.1. The maximum absolute atomic E-state index is 12.6. The third-order valence-corrected chi connectivity index (χ3v) is 2.86. The lowest BCUT2D eigenvalue weighted by Gasteiger charge is -2.13. The van der Waals surface area contributed by atoms with Crippen LogP contribution in [-0.2, 0) is 6.18 Å². The molecule has 0 atom stereocenters. The number of anilines is 1. The molecule has 0 radical (unpaired) electrons. The number of nitrogens with zero attached hydrogens (tertiary/aromatic N) is 1. The van der Waals surface area contributed by atoms with Gasteiger partial charge in [-0.2, -0.15) is 13.2 Å². The zero-order valence-electron chi connectivity index (χ0n) is 10.8. The quantitative estimate of drug-likeness (QED) is 0.815. The average molecular weight is 348 g/mol. The molecule has 0 aliphatic heterocycles. The number of thiocarbonyl (C=S) groups is 1. The Balaban J connectivity index is 2.30. The van der Waals surface area contributed by atoms with Crippen molar-refractivity contribution in [2.45, 2.75) is 6.18 Å². The Morgan fingerprint density at radius 3 is 2.59 bits per heavy atom. The molecule has 0 bridgehead atoms. The number of rotatable bonds is 3. The molecule has 116 valence electrons. The molecule has 0 saturated carbocycles. The second-order valence-electron chi connectivity index (χ2n) is 4.10. The molecule has 1 heterocycles. The first-order valence-electron chi connectivity index (χ1n) is 5.83. The molecule has 1 aromatic carbocycles. The lowest BCUT2D eigenvalue weighted by Crippen LogP contribution is -2.19. The van der Waals surface area contributed by atoms with Gasteiger partial charge in [0.25, 0.3) is 0 Å². The smallest absolute Gasteiger partial charge is 0.417 e. The maximum Gasteiger partial charge on any atom is 0.417 e. The van der Waals surface area contributed by atoms with Crippen LogP contribution in [0.3, 0.4) is 0 Å². The van der Waals surface area contributed by atoms with Crippen LogP contribution in [0.1, 0.15) is 5.56 Å². The van der Waals surface area contributed by atoms with E-state index in [2.05, 4.69) is 10.3 Å². The van der Waals surface area contributed by atoms with Crippen LogP contribution in [0.4, 0.5) is 18.9 Å². The van der Waals surface area contributed by atoms with Crippen molar-refractivity contribution in [3.05, 3.63) is 47.1 Å². The predicted molar refractivity (Wildman–Crippen MR) is 81.2 cm³/mol. The van der Waals surface area contributed by atoms with Crippen LogP contribution in [-0.4, -0.2) is 10.1 Å². The van der Waals surface area contributed by atoms with Gasteiger partial charge in [-0.1, -0.05) is 23.7 Å². The number of hydrogen-bond acceptors (Lipinski definition) is 3. The number of pyridine rings is 1. The maximum atomic E-state index is 12.6. The summed E-state index contributed by atoms with van der Waals surface area (Å²) in [6.45, 7) is 0. The topological polar surface area (TPSA) is 60.2 Å². The summed E-state index contributed by atoms with van der Waals surface area (Å²) in [4.78, 5) is 3.59. The van der Waals surface area contributed by atoms with E-state index in [-0.39, 0.29) is 21.8 Å². The van der Waals surface area contributed by atoms with Gasteiger partial charge in [-0.05, 0) is 30.4 Å². The molecule has 2 aromatic rings. The van der Waals surface area contributed by atoms with Crippen LogP contribution in [0.15, 0.2) is 36.5 Å². The highest BCUT2D eigenvalue weighted by molar-refractivity contribution is 7.80. The summed E-state index contributed by atoms with van der Waals surface area (Å²) in [5, 5.41) is 2.43. The van der Waals surface area contributed by atoms with Crippen LogP contribution < -0.4 is 15.8 Å². The number of alkyl halides is 3. The van der Waals surface area contributed by atoms with Crippen LogP contribution in [0.25, 0.3) is 0 Å². The first-order chi connectivity index (χ1) is 10.3. The lowest BCUT2D eigenvalue weighted by atomic mass is 10.2. The van der Waals surface area contributed by atoms with Gasteiger partial charge in [0, 0.05) is 6.20 Å². The molecule has 0 aliphatic carbocycles. The highest BCUT2D eigenvalue weighted by Crippen LogP contribution is 2.36. The largest absolute Gasteiger partial charge is 0.435 e. The standard InChI is InChI=1S/C13H9ClF3N3OS/c14-8-5-7(13(15,16)17)6-19-11(8)21-10-4-2-1-3-9(10)20-12(18)22/h1-6H,(H3,18,20,22). The third-order valence-electron chi connectivity index (χ3n) is 2.49. The molecule has 4 nitrogen and oxygen atoms in total. The summed E-state index contributed by atoms with van der Waals surface area (Å²) in [5.41, 5.74) is 4.86. The van der Waals surface area contributed by atoms with E-state index in [0.717, 1.165) is 6.07 Å². The van der Waals surface area contributed by atoms with E-state index in [1.54, 1.807) is 24.3 Å². The van der Waals surface area contributed by atoms with E-state index in [9.17, 15) is 13.2 Å². The molecule has 0 amide bonds. The summed E-state index contributed by atoms with van der Waals surface area (Å²) in [6, 6.07) is 7.31. The minimum atomic E-state index is -4.53. The van der Waals surface area contributed by atoms with Gasteiger partial charge in [-0.3, -0.25) is 0 Å². The van der Waals surface area contributed by atoms with Crippen LogP contribution in [0, 0.1) is 0 Å². The summed E-state index contributed by atoms with van der Waals surface area (Å²) < 4.78 is 43.1. The Hall–Kier alpha value is -2.06. The fraction of sp³-hybridized carbons (Fsp3) is 0.0769. The molecular weight excluding hydrogens is 339 g/mol. The Morgan fingerprint density at radius 1 is 1.32 bits per heavy atom. The SMILES string of the molecule is NC(=S)Nc1ccccc1Oc1ncc(C(F)(F)F)cc1Cl. The summed E-state index contributed by atoms with van der Waals surface area (Å²) in [5.74, 6) is 0.108. The molecule has 0 aliphatic rings. The number of nitrogens with two attached hydrogens (primary N) is 1. The van der Waals surface area contributed by atoms with Crippen molar-refractivity contribution in [3.63, 3.8) is 0 Å². The van der Waals surface area contributed by atoms with E-state index in [0.29, 0.717) is 11.9 Å². The molecular formula is C13H9ClF3N3OS. The number of hydrogen-bond donors (Lipinski definition) is 2. The molecule has 22 heavy (non-hydrogen) atoms. The molecule has 2 rings (SSSR count). The zero-order chi connectivity index (χ0) is 16.3. The molecule has 0 fully saturated rings. The second-order valence-corrected chi connectivity index (χ2v) is 4.94. The third kappa shape index (κ3) is 3.99. The minimum Gasteiger partial charge on any atom is -0.435 e. The fourth-order valence-corrected chi connectivity index (χ4v) is 1.87. The van der Waals surface area contributed by atoms with Crippen molar-refractivity contribution in [3.8, 4) is 11.6 Å². The van der Waals surface area contributed by atoms with Gasteiger partial charge >= 0.3 is 6.18 Å². The van der Waals surface area contributed by atoms with Gasteiger partial charge in [0.2, 0.25) is 5.88 Å². The molecule has 3 N–H and O–H groups in total. The summed E-state index contributed by atoms with van der Waals surface area (Å²) in [7, 11) is 0. The van der Waals surface area contributed by atoms with Crippen molar-refractivity contribution in [1.29, 1.82) is 0 Å². The molecule has 1 aromatic heterocycles. The fourth-order valence-electron chi connectivity index (χ4n) is 1.55. The molecule has 0 saturated heterocycles. The first-order valence-corrected chi connectivity index (χ1v) is 6.62. The van der Waals surface area contributed by atoms with Gasteiger partial charge in [0.15, 0.2) is 10.9 Å². The Bertz CT molecular complexity index is 709. The van der Waals surface area contributed by atoms with E-state index >= 15 is 0 Å². The number of aromatic nitrogens is 1. The number of halogens is 4. The van der Waals surface area contributed by atoms with Crippen LogP contribution >= 0.6 is 23.8 Å². The Morgan fingerprint density at radius 2 is 2.00 bits per heavy atom. The Kier molecular flexibility index (Phi) is 4.72. The molecule has 0 spiro atoms. The van der Waals surface area contributed by atoms with Crippen molar-refractivity contribution in [1.82, 2.24) is 4.98 Å². The van der Waals surface area contributed by atoms with E-state index in [1.165, 1.54) is 0 Å². The van der Waals surface area contributed by atoms with Crippen LogP contribution in [0.5, 0.6) is 11.6 Å². The molecule has 9 heteroatoms. The zero-order valence-corrected chi connectivity index (χ0v) is 12.4. The average Bonchev–Trinajstić information content (AvgIpc) is 2.41. The van der Waals surface area contributed by atoms with Crippen molar-refractivity contribution in [2.24, 2.45) is 5.73 Å². The number of nitrogens with one attached hydrogen (secondary N) is 1. The van der Waals surface area contributed by atoms with E-state index in [1.807, 2.05) is 0 Å². The number of benzene rings is 1. The highest BCUT2D eigenvalue weighted by Gasteiger charge is 2.31. The van der Waals surface area contributed by atoms with E-state index in [4.69, 9.17) is 34.3 Å². The number of ether oxygens (including phenoxy) is 1. The van der Waals surface area contributed by atoms with Gasteiger partial charge in [0.1, 0.15) is 5.02 Å². The van der Waals surface area contributed by atoms with E-state index < -0.39 is 11.7 Å². The first kappa shape index (κ1) is 16.3. The lowest BCUT2D eigenvalue weighted by molar-refractivity contribution is -0.137.